The van der Waals surface area contributed by atoms with Crippen LogP contribution in [-0.2, 0) is 62.1 Å². The predicted molar refractivity (Wildman–Crippen MR) is 305 cm³/mol. The van der Waals surface area contributed by atoms with Gasteiger partial charge in [-0.15, -0.1) is 10.2 Å². The number of hydrogen-bond acceptors (Lipinski definition) is 15. The Morgan fingerprint density at radius 1 is 0.647 bits per heavy atom. The van der Waals surface area contributed by atoms with Crippen molar-refractivity contribution < 1.29 is 54.9 Å². The number of piperazine rings is 2. The average Bonchev–Trinajstić information content (AvgIpc) is 1.83. The van der Waals surface area contributed by atoms with E-state index in [0.29, 0.717) is 139 Å². The van der Waals surface area contributed by atoms with E-state index >= 15 is 0 Å². The summed E-state index contributed by atoms with van der Waals surface area (Å²) >= 11 is 12.1. The van der Waals surface area contributed by atoms with Crippen LogP contribution in [0, 0.1) is 0 Å². The molecule has 6 aromatic rings. The third-order valence-corrected chi connectivity index (χ3v) is 14.9. The number of fused-ring (bicyclic) bond motifs is 2. The second-order valence-corrected chi connectivity index (χ2v) is 22.0. The van der Waals surface area contributed by atoms with Gasteiger partial charge in [-0.25, -0.2) is 4.79 Å². The first-order chi connectivity index (χ1) is 40.3. The lowest BCUT2D eigenvalue weighted by Gasteiger charge is -2.37. The summed E-state index contributed by atoms with van der Waals surface area (Å²) in [5.74, 6) is -0.0968. The number of ether oxygens (including phenoxy) is 3. The van der Waals surface area contributed by atoms with Crippen LogP contribution in [-0.4, -0.2) is 146 Å². The van der Waals surface area contributed by atoms with Gasteiger partial charge in [0.25, 0.3) is 11.1 Å². The van der Waals surface area contributed by atoms with Crippen LogP contribution in [0.4, 0.5) is 53.9 Å². The molecule has 22 nitrogen and oxygen atoms in total. The third kappa shape index (κ3) is 14.1. The minimum absolute atomic E-state index is 0.00258. The Morgan fingerprint density at radius 2 is 1.07 bits per heavy atom. The maximum atomic E-state index is 14.0. The normalized spacial score (nSPS) is 16.2. The molecular weight excluding hydrogens is 1170 g/mol. The van der Waals surface area contributed by atoms with Crippen molar-refractivity contribution in [1.82, 2.24) is 48.5 Å². The highest BCUT2D eigenvalue weighted by molar-refractivity contribution is 6.34. The predicted octanol–water partition coefficient (Wildman–Crippen LogP) is 7.60. The van der Waals surface area contributed by atoms with Gasteiger partial charge in [0.1, 0.15) is 30.1 Å². The Labute approximate surface area is 492 Å². The van der Waals surface area contributed by atoms with Gasteiger partial charge in [0, 0.05) is 52.4 Å². The fourth-order valence-electron chi connectivity index (χ4n) is 10.2. The third-order valence-electron chi connectivity index (χ3n) is 14.2. The first kappa shape index (κ1) is 62.0. The fraction of sp³-hybridized carbons (Fsp3) is 0.473. The summed E-state index contributed by atoms with van der Waals surface area (Å²) < 4.78 is 100. The smallest absolute Gasteiger partial charge is 0.416 e. The first-order valence-corrected chi connectivity index (χ1v) is 28.2. The van der Waals surface area contributed by atoms with Crippen molar-refractivity contribution in [2.75, 3.05) is 99.2 Å². The van der Waals surface area contributed by atoms with Gasteiger partial charge >= 0.3 is 18.4 Å². The molecule has 30 heteroatoms. The van der Waals surface area contributed by atoms with Crippen LogP contribution >= 0.6 is 23.2 Å². The average molecular weight is 1230 g/mol. The Hall–Kier alpha value is -7.53. The van der Waals surface area contributed by atoms with Crippen LogP contribution in [0.3, 0.4) is 0 Å². The standard InChI is InChI=1S/C30H35ClF3N7O5.C25H27ClF3N7O3/c1-5-22-24(38-10-12-39(13-11-38)28(44)46-29(2,3)4)26(43)41-27(36-25(37-41)18-8-14-45-15-9-18)40(22)17-23(42)35-21-7-6-19(16-20(21)31)30(32,33)34;1-2-19-21(34-9-7-30-8-10-34)23(38)36-24(32-22(33-36)15-5-11-39-12-6-15)35(19)14-20(37)31-18-4-3-16(13-17(18)26)25(27,28)29/h6-8,16H,5,9-15,17H2,1-4H3,(H,35,42);3-5,13,30H,2,6-12,14H2,1H3,(H,31,37). The lowest BCUT2D eigenvalue weighted by molar-refractivity contribution is -0.138. The molecule has 4 aliphatic rings. The first-order valence-electron chi connectivity index (χ1n) is 27.4. The van der Waals surface area contributed by atoms with E-state index in [1.54, 1.807) is 34.8 Å². The molecule has 0 unspecified atom stereocenters. The number of anilines is 4. The van der Waals surface area contributed by atoms with E-state index in [-0.39, 0.29) is 51.6 Å². The molecule has 0 spiro atoms. The Bertz CT molecular complexity index is 3710. The number of benzene rings is 2. The molecule has 2 saturated heterocycles. The topological polar surface area (TPSA) is 229 Å². The number of nitrogens with zero attached hydrogens (tertiary/aromatic N) is 11. The molecule has 3 N–H and O–H groups in total. The second-order valence-electron chi connectivity index (χ2n) is 21.2. The maximum absolute atomic E-state index is 14.0. The molecule has 2 aromatic carbocycles. The zero-order chi connectivity index (χ0) is 61.1. The van der Waals surface area contributed by atoms with E-state index in [0.717, 1.165) is 47.5 Å². The van der Waals surface area contributed by atoms with Crippen molar-refractivity contribution in [2.45, 2.75) is 91.3 Å². The van der Waals surface area contributed by atoms with Crippen LogP contribution in [0.2, 0.25) is 10.0 Å². The van der Waals surface area contributed by atoms with Crippen molar-refractivity contribution in [2.24, 2.45) is 0 Å². The molecule has 456 valence electrons. The maximum Gasteiger partial charge on any atom is 0.416 e. The molecular formula is C55H62Cl2F6N14O8. The molecule has 85 heavy (non-hydrogen) atoms. The van der Waals surface area contributed by atoms with Gasteiger partial charge in [-0.1, -0.05) is 49.2 Å². The summed E-state index contributed by atoms with van der Waals surface area (Å²) in [6, 6.07) is 5.40. The van der Waals surface area contributed by atoms with Gasteiger partial charge in [-0.2, -0.15) is 45.3 Å². The van der Waals surface area contributed by atoms with E-state index in [1.807, 2.05) is 35.8 Å². The summed E-state index contributed by atoms with van der Waals surface area (Å²) in [7, 11) is 0. The van der Waals surface area contributed by atoms with Gasteiger partial charge in [-0.3, -0.25) is 19.2 Å². The van der Waals surface area contributed by atoms with Crippen LogP contribution in [0.25, 0.3) is 22.7 Å². The van der Waals surface area contributed by atoms with Crippen molar-refractivity contribution in [3.8, 4) is 0 Å². The van der Waals surface area contributed by atoms with Crippen LogP contribution < -0.4 is 36.9 Å². The number of rotatable bonds is 12. The fourth-order valence-corrected chi connectivity index (χ4v) is 10.6. The van der Waals surface area contributed by atoms with Gasteiger partial charge in [-0.05, 0) is 94.0 Å². The number of amides is 3. The van der Waals surface area contributed by atoms with Crippen molar-refractivity contribution in [3.63, 3.8) is 0 Å². The zero-order valence-electron chi connectivity index (χ0n) is 47.1. The van der Waals surface area contributed by atoms with Crippen molar-refractivity contribution in [1.29, 1.82) is 0 Å². The molecule has 8 heterocycles. The van der Waals surface area contributed by atoms with E-state index in [4.69, 9.17) is 37.4 Å². The van der Waals surface area contributed by atoms with Gasteiger partial charge in [0.15, 0.2) is 11.6 Å². The highest BCUT2D eigenvalue weighted by Crippen LogP contribution is 2.36. The number of aromatic nitrogens is 8. The minimum Gasteiger partial charge on any atom is -0.444 e. The number of halogens is 8. The largest absolute Gasteiger partial charge is 0.444 e. The Balaban J connectivity index is 0.000000206. The molecule has 0 bridgehead atoms. The highest BCUT2D eigenvalue weighted by atomic mass is 35.5. The minimum atomic E-state index is -4.59. The molecule has 0 aliphatic carbocycles. The molecule has 10 rings (SSSR count). The van der Waals surface area contributed by atoms with Gasteiger partial charge in [0.2, 0.25) is 23.4 Å². The molecule has 3 amide bonds. The number of carbonyl (C=O) groups is 3. The van der Waals surface area contributed by atoms with E-state index < -0.39 is 52.5 Å². The van der Waals surface area contributed by atoms with Crippen LogP contribution in [0.5, 0.6) is 0 Å². The van der Waals surface area contributed by atoms with Crippen molar-refractivity contribution >= 4 is 86.6 Å². The highest BCUT2D eigenvalue weighted by Gasteiger charge is 2.35. The summed E-state index contributed by atoms with van der Waals surface area (Å²) in [5.41, 5.74) is 0.318. The van der Waals surface area contributed by atoms with E-state index in [2.05, 4.69) is 36.1 Å². The molecule has 4 aromatic heterocycles. The summed E-state index contributed by atoms with van der Waals surface area (Å²) in [4.78, 5) is 81.7. The Morgan fingerprint density at radius 3 is 1.44 bits per heavy atom. The summed E-state index contributed by atoms with van der Waals surface area (Å²) in [6.07, 6.45) is -4.01. The van der Waals surface area contributed by atoms with Crippen LogP contribution in [0.1, 0.15) is 81.6 Å². The molecule has 4 aliphatic heterocycles. The lowest BCUT2D eigenvalue weighted by Crippen LogP contribution is -2.51. The molecule has 2 fully saturated rings. The zero-order valence-corrected chi connectivity index (χ0v) is 48.6. The molecule has 0 saturated carbocycles. The monoisotopic (exact) mass is 1230 g/mol. The molecule has 0 radical (unpaired) electrons. The van der Waals surface area contributed by atoms with E-state index in [9.17, 15) is 50.3 Å². The second kappa shape index (κ2) is 25.6. The summed E-state index contributed by atoms with van der Waals surface area (Å²) in [6.45, 7) is 14.1. The van der Waals surface area contributed by atoms with Gasteiger partial charge < -0.3 is 54.0 Å². The van der Waals surface area contributed by atoms with Crippen molar-refractivity contribution in [3.05, 3.63) is 113 Å². The lowest BCUT2D eigenvalue weighted by atomic mass is 10.1. The van der Waals surface area contributed by atoms with E-state index in [1.165, 1.54) is 9.03 Å². The summed E-state index contributed by atoms with van der Waals surface area (Å²) in [5, 5.41) is 17.0. The number of nitrogens with one attached hydrogen (secondary N) is 3. The van der Waals surface area contributed by atoms with Gasteiger partial charge in [0.05, 0.1) is 70.4 Å². The number of hydrogen-bond donors (Lipinski definition) is 3. The number of carbonyl (C=O) groups excluding carboxylic acids is 3. The Kier molecular flexibility index (Phi) is 18.7. The number of alkyl halides is 6. The molecule has 0 atom stereocenters. The quantitative estimate of drug-likeness (QED) is 0.100. The SMILES string of the molecule is CCc1c(N2CCN(C(=O)OC(C)(C)C)CC2)c(=O)n2nc(C3=CCOCC3)nc2n1CC(=O)Nc1ccc(C(F)(F)F)cc1Cl.CCc1c(N2CCNCC2)c(=O)n2nc(C3=CCOCC3)nc2n1CC(=O)Nc1ccc(C(F)(F)F)cc1Cl. The van der Waals surface area contributed by atoms with Crippen LogP contribution in [0.15, 0.2) is 58.1 Å².